The van der Waals surface area contributed by atoms with E-state index in [9.17, 15) is 9.59 Å². The summed E-state index contributed by atoms with van der Waals surface area (Å²) in [5, 5.41) is 11.4. The molecule has 2 amide bonds. The molecule has 0 aromatic carbocycles. The standard InChI is InChI=1S/C14H24N2O3/c1-3-16(4-2)14(19)12-8-6-5-7-11(12)13(18)15-9-10-17/h5-6,11-12,17H,3-4,7-10H2,1-2H3,(H,15,18). The zero-order valence-electron chi connectivity index (χ0n) is 11.8. The monoisotopic (exact) mass is 268 g/mol. The molecule has 0 radical (unpaired) electrons. The number of allylic oxidation sites excluding steroid dienone is 2. The van der Waals surface area contributed by atoms with Crippen molar-refractivity contribution in [3.8, 4) is 0 Å². The van der Waals surface area contributed by atoms with E-state index in [1.54, 1.807) is 4.90 Å². The maximum atomic E-state index is 12.4. The molecule has 2 N–H and O–H groups in total. The van der Waals surface area contributed by atoms with Crippen molar-refractivity contribution in [2.45, 2.75) is 26.7 Å². The molecule has 5 nitrogen and oxygen atoms in total. The molecule has 0 spiro atoms. The minimum absolute atomic E-state index is 0.0542. The number of carbonyl (C=O) groups excluding carboxylic acids is 2. The van der Waals surface area contributed by atoms with Crippen molar-refractivity contribution in [1.29, 1.82) is 0 Å². The number of nitrogens with one attached hydrogen (secondary N) is 1. The lowest BCUT2D eigenvalue weighted by Crippen LogP contribution is -2.45. The predicted octanol–water partition coefficient (Wildman–Crippen LogP) is 0.546. The van der Waals surface area contributed by atoms with Crippen LogP contribution in [0.2, 0.25) is 0 Å². The summed E-state index contributed by atoms with van der Waals surface area (Å²) in [4.78, 5) is 26.2. The van der Waals surface area contributed by atoms with Crippen LogP contribution in [0.1, 0.15) is 26.7 Å². The summed E-state index contributed by atoms with van der Waals surface area (Å²) in [6.07, 6.45) is 5.14. The number of rotatable bonds is 6. The number of amides is 2. The molecule has 0 heterocycles. The van der Waals surface area contributed by atoms with E-state index >= 15 is 0 Å². The third kappa shape index (κ3) is 4.06. The molecular formula is C14H24N2O3. The highest BCUT2D eigenvalue weighted by molar-refractivity contribution is 5.88. The Kier molecular flexibility index (Phi) is 6.56. The first-order valence-corrected chi connectivity index (χ1v) is 6.98. The zero-order chi connectivity index (χ0) is 14.3. The van der Waals surface area contributed by atoms with Crippen LogP contribution in [-0.4, -0.2) is 48.1 Å². The van der Waals surface area contributed by atoms with Crippen molar-refractivity contribution in [2.24, 2.45) is 11.8 Å². The third-order valence-electron chi connectivity index (χ3n) is 3.57. The van der Waals surface area contributed by atoms with Gasteiger partial charge in [0.05, 0.1) is 18.4 Å². The molecule has 108 valence electrons. The van der Waals surface area contributed by atoms with Crippen molar-refractivity contribution in [3.63, 3.8) is 0 Å². The molecule has 0 saturated carbocycles. The largest absolute Gasteiger partial charge is 0.395 e. The Hall–Kier alpha value is -1.36. The fraction of sp³-hybridized carbons (Fsp3) is 0.714. The molecule has 1 rings (SSSR count). The van der Waals surface area contributed by atoms with Gasteiger partial charge in [0, 0.05) is 19.6 Å². The van der Waals surface area contributed by atoms with E-state index in [1.165, 1.54) is 0 Å². The van der Waals surface area contributed by atoms with Crippen LogP contribution < -0.4 is 5.32 Å². The van der Waals surface area contributed by atoms with Gasteiger partial charge in [-0.1, -0.05) is 12.2 Å². The van der Waals surface area contributed by atoms with Crippen molar-refractivity contribution in [1.82, 2.24) is 10.2 Å². The molecule has 0 aromatic rings. The van der Waals surface area contributed by atoms with E-state index in [0.717, 1.165) is 0 Å². The Labute approximate surface area is 114 Å². The molecule has 19 heavy (non-hydrogen) atoms. The van der Waals surface area contributed by atoms with Crippen LogP contribution in [0.25, 0.3) is 0 Å². The van der Waals surface area contributed by atoms with Crippen LogP contribution in [0.3, 0.4) is 0 Å². The minimum atomic E-state index is -0.315. The van der Waals surface area contributed by atoms with Crippen molar-refractivity contribution in [2.75, 3.05) is 26.2 Å². The molecule has 1 aliphatic rings. The van der Waals surface area contributed by atoms with Crippen LogP contribution in [0, 0.1) is 11.8 Å². The highest BCUT2D eigenvalue weighted by Gasteiger charge is 2.35. The first-order valence-electron chi connectivity index (χ1n) is 6.98. The second-order valence-electron chi connectivity index (χ2n) is 4.68. The Morgan fingerprint density at radius 3 is 2.32 bits per heavy atom. The molecular weight excluding hydrogens is 244 g/mol. The molecule has 2 atom stereocenters. The zero-order valence-corrected chi connectivity index (χ0v) is 11.8. The Bertz CT molecular complexity index is 338. The van der Waals surface area contributed by atoms with Crippen LogP contribution in [0.5, 0.6) is 0 Å². The van der Waals surface area contributed by atoms with Gasteiger partial charge in [0.1, 0.15) is 0 Å². The maximum absolute atomic E-state index is 12.4. The summed E-state index contributed by atoms with van der Waals surface area (Å²) >= 11 is 0. The normalized spacial score (nSPS) is 22.1. The Morgan fingerprint density at radius 2 is 1.79 bits per heavy atom. The average molecular weight is 268 g/mol. The number of aliphatic hydroxyl groups excluding tert-OH is 1. The van der Waals surface area contributed by atoms with Gasteiger partial charge in [0.15, 0.2) is 0 Å². The second-order valence-corrected chi connectivity index (χ2v) is 4.68. The number of aliphatic hydroxyl groups is 1. The van der Waals surface area contributed by atoms with E-state index < -0.39 is 0 Å². The van der Waals surface area contributed by atoms with Gasteiger partial charge >= 0.3 is 0 Å². The van der Waals surface area contributed by atoms with E-state index in [2.05, 4.69) is 5.32 Å². The van der Waals surface area contributed by atoms with Gasteiger partial charge in [-0.2, -0.15) is 0 Å². The molecule has 0 aliphatic heterocycles. The quantitative estimate of drug-likeness (QED) is 0.691. The third-order valence-corrected chi connectivity index (χ3v) is 3.57. The first-order chi connectivity index (χ1) is 9.15. The summed E-state index contributed by atoms with van der Waals surface area (Å²) < 4.78 is 0. The molecule has 0 bridgehead atoms. The lowest BCUT2D eigenvalue weighted by Gasteiger charge is -2.31. The molecule has 2 unspecified atom stereocenters. The number of carbonyl (C=O) groups is 2. The van der Waals surface area contributed by atoms with E-state index in [-0.39, 0.29) is 36.8 Å². The number of hydrogen-bond donors (Lipinski definition) is 2. The SMILES string of the molecule is CCN(CC)C(=O)C1CC=CCC1C(=O)NCCO. The number of nitrogens with zero attached hydrogens (tertiary/aromatic N) is 1. The summed E-state index contributed by atoms with van der Waals surface area (Å²) in [6, 6.07) is 0. The summed E-state index contributed by atoms with van der Waals surface area (Å²) in [6.45, 7) is 5.39. The molecule has 5 heteroatoms. The van der Waals surface area contributed by atoms with Gasteiger partial charge in [-0.3, -0.25) is 9.59 Å². The minimum Gasteiger partial charge on any atom is -0.395 e. The Balaban J connectivity index is 2.75. The average Bonchev–Trinajstić information content (AvgIpc) is 2.45. The highest BCUT2D eigenvalue weighted by atomic mass is 16.3. The topological polar surface area (TPSA) is 69.6 Å². The van der Waals surface area contributed by atoms with Crippen LogP contribution in [0.15, 0.2) is 12.2 Å². The number of hydrogen-bond acceptors (Lipinski definition) is 3. The van der Waals surface area contributed by atoms with Gasteiger partial charge in [0.25, 0.3) is 0 Å². The maximum Gasteiger partial charge on any atom is 0.226 e. The van der Waals surface area contributed by atoms with Gasteiger partial charge in [0.2, 0.25) is 11.8 Å². The van der Waals surface area contributed by atoms with Gasteiger partial charge < -0.3 is 15.3 Å². The smallest absolute Gasteiger partial charge is 0.226 e. The van der Waals surface area contributed by atoms with Gasteiger partial charge in [-0.25, -0.2) is 0 Å². The molecule has 1 aliphatic carbocycles. The summed E-state index contributed by atoms with van der Waals surface area (Å²) in [5.74, 6) is -0.671. The fourth-order valence-electron chi connectivity index (χ4n) is 2.46. The van der Waals surface area contributed by atoms with E-state index in [0.29, 0.717) is 25.9 Å². The van der Waals surface area contributed by atoms with Gasteiger partial charge in [-0.15, -0.1) is 0 Å². The molecule has 0 saturated heterocycles. The van der Waals surface area contributed by atoms with Crippen molar-refractivity contribution >= 4 is 11.8 Å². The van der Waals surface area contributed by atoms with Crippen LogP contribution in [-0.2, 0) is 9.59 Å². The van der Waals surface area contributed by atoms with Crippen LogP contribution >= 0.6 is 0 Å². The molecule has 0 fully saturated rings. The first kappa shape index (κ1) is 15.7. The lowest BCUT2D eigenvalue weighted by atomic mass is 9.81. The van der Waals surface area contributed by atoms with Crippen molar-refractivity contribution in [3.05, 3.63) is 12.2 Å². The Morgan fingerprint density at radius 1 is 1.21 bits per heavy atom. The lowest BCUT2D eigenvalue weighted by molar-refractivity contribution is -0.141. The summed E-state index contributed by atoms with van der Waals surface area (Å²) in [7, 11) is 0. The fourth-order valence-corrected chi connectivity index (χ4v) is 2.46. The van der Waals surface area contributed by atoms with E-state index in [4.69, 9.17) is 5.11 Å². The van der Waals surface area contributed by atoms with Crippen LogP contribution in [0.4, 0.5) is 0 Å². The predicted molar refractivity (Wildman–Crippen MR) is 73.4 cm³/mol. The highest BCUT2D eigenvalue weighted by Crippen LogP contribution is 2.27. The van der Waals surface area contributed by atoms with E-state index in [1.807, 2.05) is 26.0 Å². The summed E-state index contributed by atoms with van der Waals surface area (Å²) in [5.41, 5.74) is 0. The van der Waals surface area contributed by atoms with Crippen molar-refractivity contribution < 1.29 is 14.7 Å². The van der Waals surface area contributed by atoms with Gasteiger partial charge in [-0.05, 0) is 26.7 Å². The molecule has 0 aromatic heterocycles. The second kappa shape index (κ2) is 7.94.